The molecule has 106 valence electrons. The smallest absolute Gasteiger partial charge is 0.133 e. The third kappa shape index (κ3) is 3.11. The van der Waals surface area contributed by atoms with Crippen LogP contribution in [0, 0.1) is 0 Å². The second kappa shape index (κ2) is 6.22. The van der Waals surface area contributed by atoms with Crippen molar-refractivity contribution < 1.29 is 4.74 Å². The van der Waals surface area contributed by atoms with E-state index in [1.165, 1.54) is 5.56 Å². The number of hydrogen-bond donors (Lipinski definition) is 1. The Labute approximate surface area is 123 Å². The van der Waals surface area contributed by atoms with Crippen LogP contribution in [-0.4, -0.2) is 23.6 Å². The van der Waals surface area contributed by atoms with E-state index in [-0.39, 0.29) is 0 Å². The van der Waals surface area contributed by atoms with Crippen molar-refractivity contribution in [1.82, 2.24) is 9.97 Å². The summed E-state index contributed by atoms with van der Waals surface area (Å²) in [6.07, 6.45) is 6.39. The Morgan fingerprint density at radius 1 is 1.05 bits per heavy atom. The van der Waals surface area contributed by atoms with Crippen molar-refractivity contribution in [2.45, 2.75) is 6.42 Å². The third-order valence-corrected chi connectivity index (χ3v) is 3.43. The Kier molecular flexibility index (Phi) is 3.96. The lowest BCUT2D eigenvalue weighted by molar-refractivity contribution is 0.415. The van der Waals surface area contributed by atoms with E-state index in [1.807, 2.05) is 55.0 Å². The molecule has 21 heavy (non-hydrogen) atoms. The molecule has 0 aliphatic carbocycles. The van der Waals surface area contributed by atoms with Crippen molar-refractivity contribution in [3.63, 3.8) is 0 Å². The lowest BCUT2D eigenvalue weighted by Gasteiger charge is -2.10. The lowest BCUT2D eigenvalue weighted by Crippen LogP contribution is -2.06. The van der Waals surface area contributed by atoms with E-state index in [0.29, 0.717) is 0 Å². The monoisotopic (exact) mass is 279 g/mol. The summed E-state index contributed by atoms with van der Waals surface area (Å²) in [4.78, 5) is 8.46. The van der Waals surface area contributed by atoms with Gasteiger partial charge < -0.3 is 10.1 Å². The first-order chi connectivity index (χ1) is 10.4. The second-order valence-corrected chi connectivity index (χ2v) is 4.78. The zero-order valence-corrected chi connectivity index (χ0v) is 11.9. The molecule has 3 aromatic rings. The van der Waals surface area contributed by atoms with Crippen molar-refractivity contribution in [2.24, 2.45) is 0 Å². The molecule has 0 unspecified atom stereocenters. The van der Waals surface area contributed by atoms with Crippen LogP contribution in [0.15, 0.2) is 55.0 Å². The zero-order chi connectivity index (χ0) is 14.5. The van der Waals surface area contributed by atoms with E-state index in [9.17, 15) is 0 Å². The van der Waals surface area contributed by atoms with Crippen molar-refractivity contribution in [1.29, 1.82) is 0 Å². The molecule has 2 aromatic heterocycles. The van der Waals surface area contributed by atoms with Crippen molar-refractivity contribution in [3.05, 3.63) is 60.6 Å². The standard InChI is InChI=1S/C17H17N3O/c1-21-15-3-2-14-7-11-20-17(16(14)12-15)19-10-6-13-4-8-18-9-5-13/h2-5,7-9,11-12H,6,10H2,1H3,(H,19,20). The molecule has 0 fully saturated rings. The molecule has 0 saturated carbocycles. The van der Waals surface area contributed by atoms with E-state index in [0.717, 1.165) is 35.3 Å². The molecule has 0 aliphatic rings. The molecule has 1 aromatic carbocycles. The van der Waals surface area contributed by atoms with Crippen LogP contribution < -0.4 is 10.1 Å². The van der Waals surface area contributed by atoms with Crippen molar-refractivity contribution >= 4 is 16.6 Å². The number of ether oxygens (including phenoxy) is 1. The number of fused-ring (bicyclic) bond motifs is 1. The number of anilines is 1. The topological polar surface area (TPSA) is 47.0 Å². The van der Waals surface area contributed by atoms with Gasteiger partial charge in [-0.25, -0.2) is 4.98 Å². The maximum Gasteiger partial charge on any atom is 0.133 e. The SMILES string of the molecule is COc1ccc2ccnc(NCCc3ccncc3)c2c1. The number of aromatic nitrogens is 2. The predicted molar refractivity (Wildman–Crippen MR) is 84.7 cm³/mol. The van der Waals surface area contributed by atoms with Crippen LogP contribution >= 0.6 is 0 Å². The minimum absolute atomic E-state index is 0.827. The van der Waals surface area contributed by atoms with Gasteiger partial charge in [0.1, 0.15) is 11.6 Å². The molecule has 2 heterocycles. The van der Waals surface area contributed by atoms with E-state index in [1.54, 1.807) is 7.11 Å². The molecule has 0 aliphatic heterocycles. The Balaban J connectivity index is 1.77. The first kappa shape index (κ1) is 13.4. The van der Waals surface area contributed by atoms with Crippen LogP contribution in [0.5, 0.6) is 5.75 Å². The summed E-state index contributed by atoms with van der Waals surface area (Å²) in [5.74, 6) is 1.73. The van der Waals surface area contributed by atoms with Gasteiger partial charge in [0.25, 0.3) is 0 Å². The molecule has 1 N–H and O–H groups in total. The number of benzene rings is 1. The summed E-state index contributed by atoms with van der Waals surface area (Å²) < 4.78 is 5.29. The van der Waals surface area contributed by atoms with E-state index in [4.69, 9.17) is 4.74 Å². The molecule has 3 rings (SSSR count). The Hall–Kier alpha value is -2.62. The van der Waals surface area contributed by atoms with Gasteiger partial charge in [0.05, 0.1) is 7.11 Å². The molecular weight excluding hydrogens is 262 g/mol. The highest BCUT2D eigenvalue weighted by Crippen LogP contribution is 2.25. The van der Waals surface area contributed by atoms with Gasteiger partial charge in [0, 0.05) is 30.5 Å². The maximum atomic E-state index is 5.29. The number of pyridine rings is 2. The minimum Gasteiger partial charge on any atom is -0.497 e. The fourth-order valence-electron chi connectivity index (χ4n) is 2.29. The van der Waals surface area contributed by atoms with Crippen LogP contribution in [0.3, 0.4) is 0 Å². The minimum atomic E-state index is 0.827. The van der Waals surface area contributed by atoms with Gasteiger partial charge in [-0.05, 0) is 47.7 Å². The fraction of sp³-hybridized carbons (Fsp3) is 0.176. The fourth-order valence-corrected chi connectivity index (χ4v) is 2.29. The molecule has 0 amide bonds. The number of rotatable bonds is 5. The van der Waals surface area contributed by atoms with Crippen molar-refractivity contribution in [3.8, 4) is 5.75 Å². The van der Waals surface area contributed by atoms with Crippen molar-refractivity contribution in [2.75, 3.05) is 19.0 Å². The van der Waals surface area contributed by atoms with Crippen LogP contribution in [0.4, 0.5) is 5.82 Å². The van der Waals surface area contributed by atoms with Gasteiger partial charge in [-0.3, -0.25) is 4.98 Å². The normalized spacial score (nSPS) is 10.5. The number of methoxy groups -OCH3 is 1. The Morgan fingerprint density at radius 2 is 1.90 bits per heavy atom. The maximum absolute atomic E-state index is 5.29. The van der Waals surface area contributed by atoms with Crippen LogP contribution in [0.1, 0.15) is 5.56 Å². The third-order valence-electron chi connectivity index (χ3n) is 3.43. The van der Waals surface area contributed by atoms with Crippen LogP contribution in [0.25, 0.3) is 10.8 Å². The van der Waals surface area contributed by atoms with E-state index in [2.05, 4.69) is 15.3 Å². The quantitative estimate of drug-likeness (QED) is 0.778. The predicted octanol–water partition coefficient (Wildman–Crippen LogP) is 3.29. The first-order valence-electron chi connectivity index (χ1n) is 6.92. The van der Waals surface area contributed by atoms with Gasteiger partial charge in [-0.1, -0.05) is 6.07 Å². The summed E-state index contributed by atoms with van der Waals surface area (Å²) in [6.45, 7) is 0.827. The highest BCUT2D eigenvalue weighted by molar-refractivity contribution is 5.92. The highest BCUT2D eigenvalue weighted by Gasteiger charge is 2.03. The molecule has 0 radical (unpaired) electrons. The summed E-state index contributed by atoms with van der Waals surface area (Å²) in [6, 6.07) is 12.1. The van der Waals surface area contributed by atoms with Gasteiger partial charge in [0.15, 0.2) is 0 Å². The van der Waals surface area contributed by atoms with Crippen LogP contribution in [-0.2, 0) is 6.42 Å². The van der Waals surface area contributed by atoms with Gasteiger partial charge in [0.2, 0.25) is 0 Å². The molecule has 0 saturated heterocycles. The largest absolute Gasteiger partial charge is 0.497 e. The molecule has 0 atom stereocenters. The molecular formula is C17H17N3O. The van der Waals surface area contributed by atoms with Crippen LogP contribution in [0.2, 0.25) is 0 Å². The summed E-state index contributed by atoms with van der Waals surface area (Å²) in [5, 5.41) is 5.63. The van der Waals surface area contributed by atoms with E-state index >= 15 is 0 Å². The number of nitrogens with one attached hydrogen (secondary N) is 1. The first-order valence-corrected chi connectivity index (χ1v) is 6.92. The van der Waals surface area contributed by atoms with Gasteiger partial charge in [-0.2, -0.15) is 0 Å². The van der Waals surface area contributed by atoms with E-state index < -0.39 is 0 Å². The molecule has 4 heteroatoms. The Bertz CT molecular complexity index is 728. The molecule has 0 spiro atoms. The molecule has 0 bridgehead atoms. The average molecular weight is 279 g/mol. The zero-order valence-electron chi connectivity index (χ0n) is 11.9. The summed E-state index contributed by atoms with van der Waals surface area (Å²) in [7, 11) is 1.67. The number of hydrogen-bond acceptors (Lipinski definition) is 4. The van der Waals surface area contributed by atoms with Gasteiger partial charge in [-0.15, -0.1) is 0 Å². The molecule has 4 nitrogen and oxygen atoms in total. The average Bonchev–Trinajstić information content (AvgIpc) is 2.55. The number of nitrogens with zero attached hydrogens (tertiary/aromatic N) is 2. The highest BCUT2D eigenvalue weighted by atomic mass is 16.5. The summed E-state index contributed by atoms with van der Waals surface area (Å²) in [5.41, 5.74) is 1.26. The lowest BCUT2D eigenvalue weighted by atomic mass is 10.1. The second-order valence-electron chi connectivity index (χ2n) is 4.78. The summed E-state index contributed by atoms with van der Waals surface area (Å²) >= 11 is 0. The Morgan fingerprint density at radius 3 is 2.71 bits per heavy atom. The van der Waals surface area contributed by atoms with Gasteiger partial charge >= 0.3 is 0 Å².